The van der Waals surface area contributed by atoms with Crippen LogP contribution in [0.25, 0.3) is 20.8 Å². The number of aliphatic hydroxyl groups is 2. The summed E-state index contributed by atoms with van der Waals surface area (Å²) < 4.78 is 24.8. The van der Waals surface area contributed by atoms with Crippen molar-refractivity contribution in [2.75, 3.05) is 22.6 Å². The van der Waals surface area contributed by atoms with Gasteiger partial charge in [0, 0.05) is 30.3 Å². The van der Waals surface area contributed by atoms with Gasteiger partial charge in [0.25, 0.3) is 0 Å². The van der Waals surface area contributed by atoms with Gasteiger partial charge in [-0.2, -0.15) is 4.98 Å². The number of pyridine rings is 1. The van der Waals surface area contributed by atoms with E-state index in [9.17, 15) is 18.6 Å². The van der Waals surface area contributed by atoms with Crippen molar-refractivity contribution in [1.29, 1.82) is 0 Å². The minimum absolute atomic E-state index is 0.178. The van der Waals surface area contributed by atoms with E-state index in [2.05, 4.69) is 15.6 Å². The van der Waals surface area contributed by atoms with Crippen LogP contribution in [0.15, 0.2) is 12.3 Å². The molecular weight excluding hydrogens is 512 g/mol. The van der Waals surface area contributed by atoms with Crippen molar-refractivity contribution >= 4 is 43.2 Å². The molecule has 4 unspecified atom stereocenters. The van der Waals surface area contributed by atoms with Gasteiger partial charge < -0.3 is 20.8 Å². The standard InChI is InChI=1S/C25H32N6O4S2/c1-12-18(24-30-20-17(36-24)8-9-26-19(20)13-6-7-13)23(31-25(27-12)28-15-4-3-5-15)29-16-10-14(11-37(2,34)35)21(32)22(16)33/h8-9,13-16,21-22,32-33H,3-7,10-11H2,1-2H3,(H2,27,28,29,31). The van der Waals surface area contributed by atoms with Gasteiger partial charge in [0.1, 0.15) is 32.3 Å². The van der Waals surface area contributed by atoms with Crippen molar-refractivity contribution in [3.63, 3.8) is 0 Å². The molecule has 3 aromatic heterocycles. The molecule has 37 heavy (non-hydrogen) atoms. The summed E-state index contributed by atoms with van der Waals surface area (Å²) in [5.74, 6) is 0.754. The lowest BCUT2D eigenvalue weighted by atomic mass is 9.93. The Labute approximate surface area is 219 Å². The zero-order valence-electron chi connectivity index (χ0n) is 20.9. The zero-order chi connectivity index (χ0) is 25.9. The predicted octanol–water partition coefficient (Wildman–Crippen LogP) is 2.87. The molecule has 198 valence electrons. The van der Waals surface area contributed by atoms with E-state index < -0.39 is 34.0 Å². The fourth-order valence-corrected chi connectivity index (χ4v) is 7.55. The molecule has 3 heterocycles. The number of aryl methyl sites for hydroxylation is 1. The second-order valence-electron chi connectivity index (χ2n) is 10.8. The summed E-state index contributed by atoms with van der Waals surface area (Å²) in [4.78, 5) is 19.1. The maximum atomic E-state index is 11.9. The van der Waals surface area contributed by atoms with Crippen LogP contribution in [0.4, 0.5) is 11.8 Å². The summed E-state index contributed by atoms with van der Waals surface area (Å²) >= 11 is 1.56. The van der Waals surface area contributed by atoms with Crippen LogP contribution in [-0.4, -0.2) is 74.9 Å². The summed E-state index contributed by atoms with van der Waals surface area (Å²) in [7, 11) is -3.30. The number of aliphatic hydroxyl groups excluding tert-OH is 2. The van der Waals surface area contributed by atoms with Crippen LogP contribution in [0.3, 0.4) is 0 Å². The SMILES string of the molecule is Cc1nc(NC2CCC2)nc(NC2CC(CS(C)(=O)=O)C(O)C2O)c1-c1nc2c(C3CC3)nccc2s1. The second kappa shape index (κ2) is 9.40. The smallest absolute Gasteiger partial charge is 0.225 e. The van der Waals surface area contributed by atoms with Crippen molar-refractivity contribution in [3.05, 3.63) is 23.7 Å². The largest absolute Gasteiger partial charge is 0.390 e. The van der Waals surface area contributed by atoms with Crippen molar-refractivity contribution < 1.29 is 18.6 Å². The molecule has 3 fully saturated rings. The van der Waals surface area contributed by atoms with Gasteiger partial charge >= 0.3 is 0 Å². The zero-order valence-corrected chi connectivity index (χ0v) is 22.5. The topological polar surface area (TPSA) is 150 Å². The molecule has 0 amide bonds. The van der Waals surface area contributed by atoms with Gasteiger partial charge in [-0.05, 0) is 51.5 Å². The normalized spacial score (nSPS) is 26.4. The van der Waals surface area contributed by atoms with Gasteiger partial charge in [-0.15, -0.1) is 11.3 Å². The van der Waals surface area contributed by atoms with E-state index in [0.29, 0.717) is 30.1 Å². The lowest BCUT2D eigenvalue weighted by Crippen LogP contribution is -2.36. The first-order chi connectivity index (χ1) is 17.7. The first-order valence-corrected chi connectivity index (χ1v) is 15.8. The number of aromatic nitrogens is 4. The van der Waals surface area contributed by atoms with Crippen LogP contribution >= 0.6 is 11.3 Å². The van der Waals surface area contributed by atoms with E-state index in [1.54, 1.807) is 11.3 Å². The van der Waals surface area contributed by atoms with E-state index in [0.717, 1.165) is 64.1 Å². The molecule has 6 rings (SSSR count). The van der Waals surface area contributed by atoms with Crippen LogP contribution in [-0.2, 0) is 9.84 Å². The van der Waals surface area contributed by atoms with Crippen molar-refractivity contribution in [3.8, 4) is 10.6 Å². The number of nitrogens with zero attached hydrogens (tertiary/aromatic N) is 4. The number of rotatable bonds is 8. The van der Waals surface area contributed by atoms with Gasteiger partial charge in [0.15, 0.2) is 0 Å². The quantitative estimate of drug-likeness (QED) is 0.333. The molecule has 10 nitrogen and oxygen atoms in total. The third kappa shape index (κ3) is 5.04. The van der Waals surface area contributed by atoms with Gasteiger partial charge in [-0.1, -0.05) is 0 Å². The molecule has 3 saturated carbocycles. The minimum Gasteiger partial charge on any atom is -0.390 e. The Morgan fingerprint density at radius 1 is 1.08 bits per heavy atom. The number of hydrogen-bond acceptors (Lipinski definition) is 11. The number of sulfone groups is 1. The highest BCUT2D eigenvalue weighted by Crippen LogP contribution is 2.44. The van der Waals surface area contributed by atoms with Crippen LogP contribution in [0, 0.1) is 12.8 Å². The molecule has 0 aromatic carbocycles. The number of fused-ring (bicyclic) bond motifs is 1. The lowest BCUT2D eigenvalue weighted by Gasteiger charge is -2.27. The Morgan fingerprint density at radius 2 is 1.86 bits per heavy atom. The summed E-state index contributed by atoms with van der Waals surface area (Å²) in [6.45, 7) is 1.92. The van der Waals surface area contributed by atoms with E-state index in [1.165, 1.54) is 6.42 Å². The number of thiazole rings is 1. The monoisotopic (exact) mass is 544 g/mol. The Morgan fingerprint density at radius 3 is 2.54 bits per heavy atom. The van der Waals surface area contributed by atoms with Crippen LogP contribution in [0.5, 0.6) is 0 Å². The first kappa shape index (κ1) is 24.9. The molecule has 4 atom stereocenters. The molecule has 4 N–H and O–H groups in total. The molecule has 3 aliphatic rings. The molecule has 3 aliphatic carbocycles. The van der Waals surface area contributed by atoms with E-state index >= 15 is 0 Å². The average Bonchev–Trinajstić information content (AvgIpc) is 3.51. The van der Waals surface area contributed by atoms with E-state index in [1.807, 2.05) is 19.2 Å². The maximum Gasteiger partial charge on any atom is 0.225 e. The van der Waals surface area contributed by atoms with Gasteiger partial charge in [0.05, 0.1) is 39.5 Å². The maximum absolute atomic E-state index is 11.9. The summed E-state index contributed by atoms with van der Waals surface area (Å²) in [6, 6.07) is 1.75. The van der Waals surface area contributed by atoms with Gasteiger partial charge in [0.2, 0.25) is 5.95 Å². The number of hydrogen-bond donors (Lipinski definition) is 4. The third-order valence-electron chi connectivity index (χ3n) is 7.68. The molecular formula is C25H32N6O4S2. The van der Waals surface area contributed by atoms with Crippen LogP contribution in [0.2, 0.25) is 0 Å². The molecule has 0 saturated heterocycles. The fraction of sp³-hybridized carbons (Fsp3) is 0.600. The Bertz CT molecular complexity index is 1440. The predicted molar refractivity (Wildman–Crippen MR) is 144 cm³/mol. The molecule has 0 spiro atoms. The van der Waals surface area contributed by atoms with Gasteiger partial charge in [-0.3, -0.25) is 4.98 Å². The molecule has 0 aliphatic heterocycles. The van der Waals surface area contributed by atoms with Crippen molar-refractivity contribution in [2.45, 2.75) is 75.7 Å². The van der Waals surface area contributed by atoms with Crippen LogP contribution in [0.1, 0.15) is 55.8 Å². The van der Waals surface area contributed by atoms with Crippen molar-refractivity contribution in [2.24, 2.45) is 5.92 Å². The third-order valence-corrected chi connectivity index (χ3v) is 9.75. The Hall–Kier alpha value is -2.41. The summed E-state index contributed by atoms with van der Waals surface area (Å²) in [5.41, 5.74) is 3.45. The summed E-state index contributed by atoms with van der Waals surface area (Å²) in [6.07, 6.45) is 6.61. The minimum atomic E-state index is -3.30. The Balaban J connectivity index is 1.38. The average molecular weight is 545 g/mol. The first-order valence-electron chi connectivity index (χ1n) is 12.9. The van der Waals surface area contributed by atoms with E-state index in [-0.39, 0.29) is 5.75 Å². The fourth-order valence-electron chi connectivity index (χ4n) is 5.37. The summed E-state index contributed by atoms with van der Waals surface area (Å²) in [5, 5.41) is 28.9. The molecule has 12 heteroatoms. The molecule has 0 bridgehead atoms. The molecule has 0 radical (unpaired) electrons. The highest BCUT2D eigenvalue weighted by molar-refractivity contribution is 7.90. The van der Waals surface area contributed by atoms with Crippen LogP contribution < -0.4 is 10.6 Å². The van der Waals surface area contributed by atoms with Crippen molar-refractivity contribution in [1.82, 2.24) is 19.9 Å². The number of anilines is 2. The second-order valence-corrected chi connectivity index (χ2v) is 14.0. The highest BCUT2D eigenvalue weighted by Gasteiger charge is 2.43. The number of nitrogens with one attached hydrogen (secondary N) is 2. The highest BCUT2D eigenvalue weighted by atomic mass is 32.2. The molecule has 3 aromatic rings. The van der Waals surface area contributed by atoms with Gasteiger partial charge in [-0.25, -0.2) is 18.4 Å². The Kier molecular flexibility index (Phi) is 6.33. The lowest BCUT2D eigenvalue weighted by molar-refractivity contribution is 0.0216. The van der Waals surface area contributed by atoms with E-state index in [4.69, 9.17) is 15.0 Å².